The van der Waals surface area contributed by atoms with Gasteiger partial charge in [-0.2, -0.15) is 0 Å². The van der Waals surface area contributed by atoms with Crippen LogP contribution in [0.2, 0.25) is 0 Å². The van der Waals surface area contributed by atoms with Gasteiger partial charge in [-0.3, -0.25) is 0 Å². The number of nitrogens with zero attached hydrogens (tertiary/aromatic N) is 3. The molecule has 8 aromatic rings. The number of aryl methyl sites for hydroxylation is 7. The van der Waals surface area contributed by atoms with Crippen molar-refractivity contribution in [3.8, 4) is 5.69 Å². The van der Waals surface area contributed by atoms with Crippen LogP contribution in [0, 0.1) is 48.5 Å². The van der Waals surface area contributed by atoms with Gasteiger partial charge < -0.3 is 14.4 Å². The highest BCUT2D eigenvalue weighted by atomic mass is 15.2. The molecule has 2 aliphatic rings. The van der Waals surface area contributed by atoms with Crippen LogP contribution in [0.4, 0.5) is 34.1 Å². The van der Waals surface area contributed by atoms with E-state index in [1.165, 1.54) is 111 Å². The molecule has 0 aliphatic carbocycles. The van der Waals surface area contributed by atoms with E-state index >= 15 is 0 Å². The summed E-state index contributed by atoms with van der Waals surface area (Å²) in [7, 11) is 0. The molecule has 1 aromatic heterocycles. The Morgan fingerprint density at radius 3 is 1.66 bits per heavy atom. The molecule has 0 unspecified atom stereocenters. The van der Waals surface area contributed by atoms with E-state index in [0.717, 1.165) is 5.69 Å². The van der Waals surface area contributed by atoms with E-state index in [2.05, 4.69) is 190 Å². The minimum absolute atomic E-state index is 0.0863. The fraction of sp³-hybridized carbons (Fsp3) is 0.143. The van der Waals surface area contributed by atoms with E-state index in [4.69, 9.17) is 0 Å². The SMILES string of the molecule is Cc1cc(C)cc(N(c2cc(C)cc(C)c2)c2cc3c4c(c2)-n2c5ccccc5c5cccc(c52)B4c2ccc(C)cc2N3c2cc(C)cc(C)c2)c1. The molecule has 0 saturated heterocycles. The summed E-state index contributed by atoms with van der Waals surface area (Å²) in [6, 6.07) is 48.8. The summed E-state index contributed by atoms with van der Waals surface area (Å²) in [4.78, 5) is 5.04. The summed E-state index contributed by atoms with van der Waals surface area (Å²) in [6.45, 7) is 15.6. The van der Waals surface area contributed by atoms with Crippen molar-refractivity contribution in [1.82, 2.24) is 4.57 Å². The van der Waals surface area contributed by atoms with Crippen molar-refractivity contribution in [3.05, 3.63) is 166 Å². The molecule has 10 rings (SSSR count). The monoisotopic (exact) mass is 683 g/mol. The number of fused-ring (bicyclic) bond motifs is 7. The quantitative estimate of drug-likeness (QED) is 0.171. The van der Waals surface area contributed by atoms with Crippen LogP contribution in [-0.4, -0.2) is 11.3 Å². The molecular formula is C49H42BN3. The van der Waals surface area contributed by atoms with Crippen LogP contribution < -0.4 is 26.2 Å². The van der Waals surface area contributed by atoms with Gasteiger partial charge >= 0.3 is 0 Å². The van der Waals surface area contributed by atoms with Gasteiger partial charge in [0.2, 0.25) is 0 Å². The van der Waals surface area contributed by atoms with Crippen molar-refractivity contribution in [1.29, 1.82) is 0 Å². The first-order valence-corrected chi connectivity index (χ1v) is 18.8. The summed E-state index contributed by atoms with van der Waals surface area (Å²) in [5.74, 6) is 0. The Kier molecular flexibility index (Phi) is 6.88. The molecule has 53 heavy (non-hydrogen) atoms. The predicted molar refractivity (Wildman–Crippen MR) is 228 cm³/mol. The van der Waals surface area contributed by atoms with Gasteiger partial charge in [-0.05, 0) is 164 Å². The number of hydrogen-bond acceptors (Lipinski definition) is 2. The Labute approximate surface area is 312 Å². The summed E-state index contributed by atoms with van der Waals surface area (Å²) >= 11 is 0. The van der Waals surface area contributed by atoms with Crippen molar-refractivity contribution in [2.24, 2.45) is 0 Å². The van der Waals surface area contributed by atoms with E-state index < -0.39 is 0 Å². The van der Waals surface area contributed by atoms with Crippen LogP contribution in [-0.2, 0) is 0 Å². The molecule has 0 bridgehead atoms. The first kappa shape index (κ1) is 31.7. The third-order valence-electron chi connectivity index (χ3n) is 11.3. The molecule has 2 aliphatic heterocycles. The summed E-state index contributed by atoms with van der Waals surface area (Å²) in [5, 5.41) is 2.60. The van der Waals surface area contributed by atoms with Crippen LogP contribution in [0.1, 0.15) is 38.9 Å². The molecule has 4 heteroatoms. The van der Waals surface area contributed by atoms with Gasteiger partial charge in [0.05, 0.1) is 11.2 Å². The Hall–Kier alpha value is -6.00. The van der Waals surface area contributed by atoms with Crippen molar-refractivity contribution >= 4 is 79.0 Å². The molecule has 0 spiro atoms. The van der Waals surface area contributed by atoms with E-state index in [-0.39, 0.29) is 6.71 Å². The maximum Gasteiger partial charge on any atom is 0.252 e. The first-order chi connectivity index (χ1) is 25.6. The molecule has 0 saturated carbocycles. The van der Waals surface area contributed by atoms with E-state index in [1.54, 1.807) is 0 Å². The Balaban J connectivity index is 1.39. The Morgan fingerprint density at radius 1 is 0.434 bits per heavy atom. The minimum atomic E-state index is 0.0863. The summed E-state index contributed by atoms with van der Waals surface area (Å²) in [5.41, 5.74) is 23.8. The first-order valence-electron chi connectivity index (χ1n) is 18.8. The van der Waals surface area contributed by atoms with Gasteiger partial charge in [0, 0.05) is 50.4 Å². The zero-order valence-corrected chi connectivity index (χ0v) is 31.5. The lowest BCUT2D eigenvalue weighted by molar-refractivity contribution is 1.16. The maximum absolute atomic E-state index is 2.57. The molecule has 0 atom stereocenters. The van der Waals surface area contributed by atoms with Gasteiger partial charge in [-0.25, -0.2) is 0 Å². The Morgan fingerprint density at radius 2 is 1.00 bits per heavy atom. The number of aromatic nitrogens is 1. The third-order valence-corrected chi connectivity index (χ3v) is 11.3. The molecular weight excluding hydrogens is 641 g/mol. The Bertz CT molecular complexity index is 2730. The zero-order valence-electron chi connectivity index (χ0n) is 31.5. The van der Waals surface area contributed by atoms with E-state index in [9.17, 15) is 0 Å². The average molecular weight is 684 g/mol. The predicted octanol–water partition coefficient (Wildman–Crippen LogP) is 11.0. The highest BCUT2D eigenvalue weighted by molar-refractivity contribution is 7.00. The third kappa shape index (κ3) is 4.82. The summed E-state index contributed by atoms with van der Waals surface area (Å²) in [6.07, 6.45) is 0. The molecule has 3 nitrogen and oxygen atoms in total. The fourth-order valence-corrected chi connectivity index (χ4v) is 9.60. The number of para-hydroxylation sites is 2. The molecule has 0 radical (unpaired) electrons. The van der Waals surface area contributed by atoms with Crippen LogP contribution in [0.15, 0.2) is 127 Å². The largest absolute Gasteiger partial charge is 0.311 e. The molecule has 3 heterocycles. The molecule has 7 aromatic carbocycles. The summed E-state index contributed by atoms with van der Waals surface area (Å²) < 4.78 is 2.57. The van der Waals surface area contributed by atoms with Crippen LogP contribution >= 0.6 is 0 Å². The normalized spacial score (nSPS) is 12.7. The number of hydrogen-bond donors (Lipinski definition) is 0. The van der Waals surface area contributed by atoms with Crippen molar-refractivity contribution in [2.45, 2.75) is 48.5 Å². The minimum Gasteiger partial charge on any atom is -0.311 e. The molecule has 0 N–H and O–H groups in total. The van der Waals surface area contributed by atoms with Crippen molar-refractivity contribution in [2.75, 3.05) is 9.80 Å². The lowest BCUT2D eigenvalue weighted by Gasteiger charge is -2.41. The topological polar surface area (TPSA) is 11.4 Å². The molecule has 0 fully saturated rings. The van der Waals surface area contributed by atoms with E-state index in [0.29, 0.717) is 0 Å². The van der Waals surface area contributed by atoms with Crippen LogP contribution in [0.25, 0.3) is 27.5 Å². The number of benzene rings is 7. The van der Waals surface area contributed by atoms with Crippen LogP contribution in [0.3, 0.4) is 0 Å². The highest BCUT2D eigenvalue weighted by Crippen LogP contribution is 2.46. The second-order valence-electron chi connectivity index (χ2n) is 15.7. The van der Waals surface area contributed by atoms with E-state index in [1.807, 2.05) is 0 Å². The highest BCUT2D eigenvalue weighted by Gasteiger charge is 2.42. The average Bonchev–Trinajstić information content (AvgIpc) is 3.44. The van der Waals surface area contributed by atoms with Crippen molar-refractivity contribution < 1.29 is 0 Å². The number of anilines is 6. The molecule has 0 amide bonds. The van der Waals surface area contributed by atoms with Gasteiger partial charge in [-0.1, -0.05) is 66.7 Å². The molecule has 256 valence electrons. The van der Waals surface area contributed by atoms with Gasteiger partial charge in [-0.15, -0.1) is 0 Å². The fourth-order valence-electron chi connectivity index (χ4n) is 9.60. The standard InChI is InChI=1S/C49H42BN3/c1-29-15-16-42-45(26-29)52(38-24-34(6)19-35(7)25-38)46-27-39(51(36-20-30(2)17-31(3)21-36)37-22-32(4)18-33(5)23-37)28-47-48(46)50(42)43-13-10-12-41-40-11-8-9-14-44(40)53(47)49(41)43/h8-28H,1-7H3. The van der Waals surface area contributed by atoms with Gasteiger partial charge in [0.15, 0.2) is 0 Å². The lowest BCUT2D eigenvalue weighted by atomic mass is 9.33. The second-order valence-corrected chi connectivity index (χ2v) is 15.7. The zero-order chi connectivity index (χ0) is 36.3. The van der Waals surface area contributed by atoms with Gasteiger partial charge in [0.1, 0.15) is 0 Å². The second kappa shape index (κ2) is 11.5. The number of rotatable bonds is 4. The van der Waals surface area contributed by atoms with Gasteiger partial charge in [0.25, 0.3) is 6.71 Å². The maximum atomic E-state index is 2.57. The smallest absolute Gasteiger partial charge is 0.252 e. The van der Waals surface area contributed by atoms with Crippen molar-refractivity contribution in [3.63, 3.8) is 0 Å². The van der Waals surface area contributed by atoms with Crippen LogP contribution in [0.5, 0.6) is 0 Å². The lowest BCUT2D eigenvalue weighted by Crippen LogP contribution is -2.60.